The van der Waals surface area contributed by atoms with Gasteiger partial charge in [-0.2, -0.15) is 0 Å². The van der Waals surface area contributed by atoms with Gasteiger partial charge in [0, 0.05) is 12.2 Å². The molecule has 0 amide bonds. The Kier molecular flexibility index (Phi) is 5.22. The zero-order chi connectivity index (χ0) is 18.6. The first-order valence-corrected chi connectivity index (χ1v) is 10.5. The van der Waals surface area contributed by atoms with Crippen LogP contribution >= 0.6 is 22.7 Å². The van der Waals surface area contributed by atoms with E-state index < -0.39 is 0 Å². The Balaban J connectivity index is 1.40. The third kappa shape index (κ3) is 4.38. The average molecular weight is 390 g/mol. The molecular formula is C20H19BN4S2. The zero-order valence-corrected chi connectivity index (χ0v) is 16.6. The van der Waals surface area contributed by atoms with E-state index in [1.54, 1.807) is 22.7 Å². The fourth-order valence-electron chi connectivity index (χ4n) is 2.77. The minimum Gasteiger partial charge on any atom is -0.361 e. The summed E-state index contributed by atoms with van der Waals surface area (Å²) in [5.41, 5.74) is 4.50. The van der Waals surface area contributed by atoms with E-state index >= 15 is 0 Å². The van der Waals surface area contributed by atoms with Crippen LogP contribution in [0.2, 0.25) is 0 Å². The van der Waals surface area contributed by atoms with Crippen LogP contribution in [0, 0.1) is 5.41 Å². The SMILES string of the molecule is Bc1ccc(CCNc2nc3ccc(NC(=N)c4cccs4)cc3s2)cc1. The van der Waals surface area contributed by atoms with Gasteiger partial charge in [-0.1, -0.05) is 47.1 Å². The molecule has 134 valence electrons. The third-order valence-electron chi connectivity index (χ3n) is 4.24. The number of hydrogen-bond donors (Lipinski definition) is 3. The number of rotatable bonds is 6. The van der Waals surface area contributed by atoms with Crippen LogP contribution in [0.5, 0.6) is 0 Å². The summed E-state index contributed by atoms with van der Waals surface area (Å²) in [5.74, 6) is 0.422. The minimum atomic E-state index is 0.422. The number of hydrogen-bond acceptors (Lipinski definition) is 5. The van der Waals surface area contributed by atoms with Gasteiger partial charge in [-0.25, -0.2) is 4.98 Å². The van der Waals surface area contributed by atoms with Crippen molar-refractivity contribution in [1.29, 1.82) is 5.41 Å². The van der Waals surface area contributed by atoms with Crippen LogP contribution in [0.3, 0.4) is 0 Å². The van der Waals surface area contributed by atoms with Gasteiger partial charge in [0.05, 0.1) is 15.1 Å². The Bertz CT molecular complexity index is 1060. The van der Waals surface area contributed by atoms with Crippen LogP contribution in [0.25, 0.3) is 10.2 Å². The van der Waals surface area contributed by atoms with Gasteiger partial charge in [0.25, 0.3) is 0 Å². The molecule has 0 aliphatic heterocycles. The second-order valence-electron chi connectivity index (χ2n) is 6.34. The normalized spacial score (nSPS) is 10.8. The Morgan fingerprint density at radius 1 is 1.11 bits per heavy atom. The van der Waals surface area contributed by atoms with Crippen LogP contribution in [0.15, 0.2) is 60.0 Å². The summed E-state index contributed by atoms with van der Waals surface area (Å²) in [6.45, 7) is 0.858. The highest BCUT2D eigenvalue weighted by atomic mass is 32.1. The molecule has 2 aromatic carbocycles. The number of thiazole rings is 1. The van der Waals surface area contributed by atoms with Crippen LogP contribution in [0.4, 0.5) is 10.8 Å². The lowest BCUT2D eigenvalue weighted by molar-refractivity contribution is 1.02. The van der Waals surface area contributed by atoms with Crippen molar-refractivity contribution in [1.82, 2.24) is 4.98 Å². The summed E-state index contributed by atoms with van der Waals surface area (Å²) >= 11 is 3.20. The minimum absolute atomic E-state index is 0.422. The van der Waals surface area contributed by atoms with E-state index in [1.807, 2.05) is 29.6 Å². The second kappa shape index (κ2) is 7.94. The number of aromatic nitrogens is 1. The lowest BCUT2D eigenvalue weighted by atomic mass is 9.95. The Morgan fingerprint density at radius 2 is 1.96 bits per heavy atom. The van der Waals surface area contributed by atoms with E-state index in [2.05, 4.69) is 53.8 Å². The summed E-state index contributed by atoms with van der Waals surface area (Å²) in [6, 6.07) is 18.6. The standard InChI is InChI=1S/C20H19BN4S2/c21-14-5-3-13(4-6-14)9-10-23-20-25-16-8-7-15(12-18(16)27-20)24-19(22)17-2-1-11-26-17/h1-8,11-12H,9-10,21H2,(H2,22,24)(H,23,25). The molecule has 0 bridgehead atoms. The molecule has 0 saturated heterocycles. The maximum atomic E-state index is 8.16. The number of amidine groups is 1. The molecule has 2 aromatic heterocycles. The molecule has 0 radical (unpaired) electrons. The van der Waals surface area contributed by atoms with E-state index in [-0.39, 0.29) is 0 Å². The second-order valence-corrected chi connectivity index (χ2v) is 8.32. The predicted molar refractivity (Wildman–Crippen MR) is 121 cm³/mol. The first kappa shape index (κ1) is 17.8. The average Bonchev–Trinajstić information content (AvgIpc) is 3.32. The fourth-order valence-corrected chi connectivity index (χ4v) is 4.33. The molecule has 4 aromatic rings. The van der Waals surface area contributed by atoms with Gasteiger partial charge in [-0.05, 0) is 41.6 Å². The first-order chi connectivity index (χ1) is 13.2. The summed E-state index contributed by atoms with van der Waals surface area (Å²) in [6.07, 6.45) is 0.973. The molecular weight excluding hydrogens is 371 g/mol. The smallest absolute Gasteiger partial charge is 0.183 e. The summed E-state index contributed by atoms with van der Waals surface area (Å²) in [5, 5.41) is 17.7. The predicted octanol–water partition coefficient (Wildman–Crippen LogP) is 3.71. The van der Waals surface area contributed by atoms with E-state index in [0.29, 0.717) is 5.84 Å². The molecule has 4 nitrogen and oxygen atoms in total. The third-order valence-corrected chi connectivity index (χ3v) is 6.10. The van der Waals surface area contributed by atoms with E-state index in [1.165, 1.54) is 11.0 Å². The van der Waals surface area contributed by atoms with Crippen molar-refractivity contribution in [2.24, 2.45) is 0 Å². The fraction of sp³-hybridized carbons (Fsp3) is 0.100. The van der Waals surface area contributed by atoms with Gasteiger partial charge in [-0.3, -0.25) is 5.41 Å². The van der Waals surface area contributed by atoms with Crippen LogP contribution in [-0.4, -0.2) is 25.2 Å². The lowest BCUT2D eigenvalue weighted by Gasteiger charge is -2.05. The van der Waals surface area contributed by atoms with Crippen molar-refractivity contribution in [2.45, 2.75) is 6.42 Å². The lowest BCUT2D eigenvalue weighted by Crippen LogP contribution is -2.09. The molecule has 0 saturated carbocycles. The highest BCUT2D eigenvalue weighted by Gasteiger charge is 2.07. The van der Waals surface area contributed by atoms with Crippen LogP contribution < -0.4 is 16.1 Å². The largest absolute Gasteiger partial charge is 0.361 e. The van der Waals surface area contributed by atoms with Crippen molar-refractivity contribution >= 4 is 62.9 Å². The van der Waals surface area contributed by atoms with Crippen molar-refractivity contribution in [3.8, 4) is 0 Å². The number of benzene rings is 2. The van der Waals surface area contributed by atoms with Crippen molar-refractivity contribution in [2.75, 3.05) is 17.2 Å². The number of anilines is 2. The summed E-state index contributed by atoms with van der Waals surface area (Å²) < 4.78 is 1.11. The van der Waals surface area contributed by atoms with E-state index in [0.717, 1.165) is 38.9 Å². The van der Waals surface area contributed by atoms with Crippen molar-refractivity contribution < 1.29 is 0 Å². The van der Waals surface area contributed by atoms with Gasteiger partial charge < -0.3 is 10.6 Å². The molecule has 7 heteroatoms. The molecule has 0 spiro atoms. The molecule has 4 rings (SSSR count). The van der Waals surface area contributed by atoms with Crippen molar-refractivity contribution in [3.05, 3.63) is 70.4 Å². The summed E-state index contributed by atoms with van der Waals surface area (Å²) in [4.78, 5) is 5.58. The first-order valence-electron chi connectivity index (χ1n) is 8.77. The topological polar surface area (TPSA) is 60.8 Å². The molecule has 0 fully saturated rings. The van der Waals surface area contributed by atoms with Crippen molar-refractivity contribution in [3.63, 3.8) is 0 Å². The number of thiophene rings is 1. The van der Waals surface area contributed by atoms with Gasteiger partial charge >= 0.3 is 0 Å². The zero-order valence-electron chi connectivity index (χ0n) is 15.0. The highest BCUT2D eigenvalue weighted by molar-refractivity contribution is 7.22. The number of nitrogens with one attached hydrogen (secondary N) is 3. The van der Waals surface area contributed by atoms with Gasteiger partial charge in [0.1, 0.15) is 13.7 Å². The quantitative estimate of drug-likeness (QED) is 0.267. The molecule has 0 aliphatic carbocycles. The number of nitrogens with zero attached hydrogens (tertiary/aromatic N) is 1. The Labute approximate surface area is 167 Å². The van der Waals surface area contributed by atoms with Crippen LogP contribution in [0.1, 0.15) is 10.4 Å². The maximum Gasteiger partial charge on any atom is 0.183 e. The molecule has 0 unspecified atom stereocenters. The molecule has 27 heavy (non-hydrogen) atoms. The highest BCUT2D eigenvalue weighted by Crippen LogP contribution is 2.28. The number of fused-ring (bicyclic) bond motifs is 1. The molecule has 0 atom stereocenters. The Hall–Kier alpha value is -2.64. The molecule has 0 aliphatic rings. The van der Waals surface area contributed by atoms with E-state index in [9.17, 15) is 0 Å². The maximum absolute atomic E-state index is 8.16. The van der Waals surface area contributed by atoms with Gasteiger partial charge in [0.2, 0.25) is 0 Å². The molecule has 3 N–H and O–H groups in total. The molecule has 2 heterocycles. The van der Waals surface area contributed by atoms with E-state index in [4.69, 9.17) is 5.41 Å². The van der Waals surface area contributed by atoms with Crippen LogP contribution in [-0.2, 0) is 6.42 Å². The summed E-state index contributed by atoms with van der Waals surface area (Å²) in [7, 11) is 2.11. The monoisotopic (exact) mass is 390 g/mol. The van der Waals surface area contributed by atoms with Gasteiger partial charge in [0.15, 0.2) is 5.13 Å². The Morgan fingerprint density at radius 3 is 2.74 bits per heavy atom. The van der Waals surface area contributed by atoms with Gasteiger partial charge in [-0.15, -0.1) is 11.3 Å².